The maximum absolute atomic E-state index is 12.5. The molecule has 0 spiro atoms. The van der Waals surface area contributed by atoms with Crippen molar-refractivity contribution in [3.8, 4) is 0 Å². The van der Waals surface area contributed by atoms with Gasteiger partial charge in [-0.3, -0.25) is 4.68 Å². The average molecular weight is 271 g/mol. The third kappa shape index (κ3) is 2.29. The van der Waals surface area contributed by atoms with Crippen LogP contribution < -0.4 is 0 Å². The molecule has 6 heteroatoms. The second-order valence-electron chi connectivity index (χ2n) is 3.93. The first-order chi connectivity index (χ1) is 6.12. The van der Waals surface area contributed by atoms with Crippen LogP contribution in [0.15, 0.2) is 10.7 Å². The molecule has 0 aliphatic rings. The SMILES string of the molecule is CC(C)(C)n1nc(Br)cc1C(F)(F)F. The highest BCUT2D eigenvalue weighted by molar-refractivity contribution is 9.10. The first-order valence-electron chi connectivity index (χ1n) is 3.95. The molecule has 0 aliphatic heterocycles. The number of hydrogen-bond donors (Lipinski definition) is 0. The highest BCUT2D eigenvalue weighted by atomic mass is 79.9. The predicted octanol–water partition coefficient (Wildman–Crippen LogP) is 3.42. The summed E-state index contributed by atoms with van der Waals surface area (Å²) in [5.41, 5.74) is -1.42. The van der Waals surface area contributed by atoms with Gasteiger partial charge in [0.25, 0.3) is 0 Å². The van der Waals surface area contributed by atoms with E-state index in [4.69, 9.17) is 0 Å². The molecule has 0 saturated heterocycles. The van der Waals surface area contributed by atoms with E-state index in [9.17, 15) is 13.2 Å². The van der Waals surface area contributed by atoms with E-state index >= 15 is 0 Å². The van der Waals surface area contributed by atoms with Crippen molar-refractivity contribution in [1.82, 2.24) is 9.78 Å². The summed E-state index contributed by atoms with van der Waals surface area (Å²) < 4.78 is 38.7. The van der Waals surface area contributed by atoms with Gasteiger partial charge in [-0.25, -0.2) is 0 Å². The lowest BCUT2D eigenvalue weighted by Crippen LogP contribution is -2.28. The first-order valence-corrected chi connectivity index (χ1v) is 4.75. The zero-order chi connectivity index (χ0) is 11.1. The minimum absolute atomic E-state index is 0.194. The molecule has 0 aromatic carbocycles. The van der Waals surface area contributed by atoms with Crippen molar-refractivity contribution in [1.29, 1.82) is 0 Å². The molecule has 80 valence electrons. The molecule has 0 amide bonds. The highest BCUT2D eigenvalue weighted by Gasteiger charge is 2.38. The van der Waals surface area contributed by atoms with Crippen molar-refractivity contribution in [3.63, 3.8) is 0 Å². The van der Waals surface area contributed by atoms with Crippen molar-refractivity contribution >= 4 is 15.9 Å². The summed E-state index contributed by atoms with van der Waals surface area (Å²) in [6, 6.07) is 0.977. The summed E-state index contributed by atoms with van der Waals surface area (Å²) >= 11 is 2.94. The van der Waals surface area contributed by atoms with E-state index in [-0.39, 0.29) is 4.60 Å². The van der Waals surface area contributed by atoms with Gasteiger partial charge in [0.05, 0.1) is 5.54 Å². The molecule has 0 bridgehead atoms. The minimum Gasteiger partial charge on any atom is -0.254 e. The lowest BCUT2D eigenvalue weighted by Gasteiger charge is -2.23. The molecule has 0 saturated carbocycles. The Morgan fingerprint density at radius 1 is 1.29 bits per heavy atom. The van der Waals surface area contributed by atoms with Crippen LogP contribution in [0.25, 0.3) is 0 Å². The molecule has 0 unspecified atom stereocenters. The molecule has 1 heterocycles. The summed E-state index contributed by atoms with van der Waals surface area (Å²) in [6.07, 6.45) is -4.37. The van der Waals surface area contributed by atoms with Crippen molar-refractivity contribution < 1.29 is 13.2 Å². The number of halogens is 4. The van der Waals surface area contributed by atoms with Gasteiger partial charge >= 0.3 is 6.18 Å². The van der Waals surface area contributed by atoms with E-state index in [0.29, 0.717) is 0 Å². The zero-order valence-electron chi connectivity index (χ0n) is 7.98. The Morgan fingerprint density at radius 2 is 1.79 bits per heavy atom. The molecule has 14 heavy (non-hydrogen) atoms. The second-order valence-corrected chi connectivity index (χ2v) is 4.75. The van der Waals surface area contributed by atoms with Crippen LogP contribution >= 0.6 is 15.9 Å². The standard InChI is InChI=1S/C8H10BrF3N2/c1-7(2,3)14-5(8(10,11)12)4-6(9)13-14/h4H,1-3H3. The molecule has 2 nitrogen and oxygen atoms in total. The predicted molar refractivity (Wildman–Crippen MR) is 49.9 cm³/mol. The second kappa shape index (κ2) is 3.25. The molecule has 1 rings (SSSR count). The van der Waals surface area contributed by atoms with Crippen LogP contribution in [0.2, 0.25) is 0 Å². The smallest absolute Gasteiger partial charge is 0.254 e. The van der Waals surface area contributed by atoms with E-state index in [1.807, 2.05) is 0 Å². The normalized spacial score (nSPS) is 13.4. The number of rotatable bonds is 0. The van der Waals surface area contributed by atoms with Crippen LogP contribution in [-0.2, 0) is 11.7 Å². The van der Waals surface area contributed by atoms with Crippen LogP contribution in [-0.4, -0.2) is 9.78 Å². The molecule has 0 aliphatic carbocycles. The summed E-state index contributed by atoms with van der Waals surface area (Å²) in [4.78, 5) is 0. The molecule has 1 aromatic rings. The highest BCUT2D eigenvalue weighted by Crippen LogP contribution is 2.33. The average Bonchev–Trinajstić information content (AvgIpc) is 2.27. The summed E-state index contributed by atoms with van der Waals surface area (Å²) in [5, 5.41) is 3.76. The van der Waals surface area contributed by atoms with Crippen LogP contribution in [0.4, 0.5) is 13.2 Å². The van der Waals surface area contributed by atoms with Gasteiger partial charge < -0.3 is 0 Å². The molecule has 0 N–H and O–H groups in total. The van der Waals surface area contributed by atoms with Gasteiger partial charge in [-0.15, -0.1) is 0 Å². The molecular weight excluding hydrogens is 261 g/mol. The lowest BCUT2D eigenvalue weighted by molar-refractivity contribution is -0.146. The third-order valence-electron chi connectivity index (χ3n) is 1.61. The molecule has 1 aromatic heterocycles. The molecule has 0 fully saturated rings. The molecule has 0 atom stereocenters. The first kappa shape index (κ1) is 11.6. The van der Waals surface area contributed by atoms with E-state index in [2.05, 4.69) is 21.0 Å². The Morgan fingerprint density at radius 3 is 2.07 bits per heavy atom. The minimum atomic E-state index is -4.37. The van der Waals surface area contributed by atoms with Crippen molar-refractivity contribution in [3.05, 3.63) is 16.4 Å². The number of hydrogen-bond acceptors (Lipinski definition) is 1. The maximum atomic E-state index is 12.5. The van der Waals surface area contributed by atoms with E-state index < -0.39 is 17.4 Å². The van der Waals surface area contributed by atoms with Crippen LogP contribution in [0.3, 0.4) is 0 Å². The van der Waals surface area contributed by atoms with Crippen molar-refractivity contribution in [2.75, 3.05) is 0 Å². The zero-order valence-corrected chi connectivity index (χ0v) is 9.57. The fourth-order valence-electron chi connectivity index (χ4n) is 1.07. The van der Waals surface area contributed by atoms with E-state index in [1.54, 1.807) is 20.8 Å². The van der Waals surface area contributed by atoms with Crippen LogP contribution in [0.5, 0.6) is 0 Å². The summed E-state index contributed by atoms with van der Waals surface area (Å²) in [7, 11) is 0. The van der Waals surface area contributed by atoms with E-state index in [1.165, 1.54) is 0 Å². The summed E-state index contributed by atoms with van der Waals surface area (Å²) in [5.74, 6) is 0. The molecule has 0 radical (unpaired) electrons. The van der Waals surface area contributed by atoms with Gasteiger partial charge in [-0.05, 0) is 36.7 Å². The Kier molecular flexibility index (Phi) is 2.69. The topological polar surface area (TPSA) is 17.8 Å². The largest absolute Gasteiger partial charge is 0.433 e. The number of nitrogens with zero attached hydrogens (tertiary/aromatic N) is 2. The van der Waals surface area contributed by atoms with E-state index in [0.717, 1.165) is 10.7 Å². The Bertz CT molecular complexity index is 304. The fraction of sp³-hybridized carbons (Fsp3) is 0.625. The Labute approximate surface area is 88.2 Å². The van der Waals surface area contributed by atoms with Crippen LogP contribution in [0.1, 0.15) is 26.5 Å². The quantitative estimate of drug-likeness (QED) is 0.707. The van der Waals surface area contributed by atoms with Gasteiger partial charge in [0.1, 0.15) is 10.3 Å². The Balaban J connectivity index is 3.31. The van der Waals surface area contributed by atoms with Gasteiger partial charge in [0.15, 0.2) is 0 Å². The molecular formula is C8H10BrF3N2. The van der Waals surface area contributed by atoms with Crippen molar-refractivity contribution in [2.24, 2.45) is 0 Å². The third-order valence-corrected chi connectivity index (χ3v) is 1.99. The number of aromatic nitrogens is 2. The summed E-state index contributed by atoms with van der Waals surface area (Å²) in [6.45, 7) is 5.01. The maximum Gasteiger partial charge on any atom is 0.433 e. The monoisotopic (exact) mass is 270 g/mol. The number of alkyl halides is 3. The Hall–Kier alpha value is -0.520. The van der Waals surface area contributed by atoms with Crippen molar-refractivity contribution in [2.45, 2.75) is 32.5 Å². The van der Waals surface area contributed by atoms with Gasteiger partial charge in [-0.2, -0.15) is 18.3 Å². The fourth-order valence-corrected chi connectivity index (χ4v) is 1.44. The van der Waals surface area contributed by atoms with Gasteiger partial charge in [0, 0.05) is 6.07 Å². The van der Waals surface area contributed by atoms with Gasteiger partial charge in [0.2, 0.25) is 0 Å². The lowest BCUT2D eigenvalue weighted by atomic mass is 10.1. The van der Waals surface area contributed by atoms with Gasteiger partial charge in [-0.1, -0.05) is 0 Å². The van der Waals surface area contributed by atoms with Crippen LogP contribution in [0, 0.1) is 0 Å².